The van der Waals surface area contributed by atoms with E-state index < -0.39 is 0 Å². The van der Waals surface area contributed by atoms with Crippen LogP contribution in [0.3, 0.4) is 0 Å². The number of hydrogen-bond donors (Lipinski definition) is 0. The molecule has 62 valence electrons. The summed E-state index contributed by atoms with van der Waals surface area (Å²) in [5.41, 5.74) is 2.01. The van der Waals surface area contributed by atoms with Gasteiger partial charge in [-0.2, -0.15) is 5.26 Å². The number of rotatable bonds is 1. The third kappa shape index (κ3) is 1.12. The fourth-order valence-electron chi connectivity index (χ4n) is 1.16. The molecule has 0 aliphatic rings. The predicted octanol–water partition coefficient (Wildman–Crippen LogP) is 1.41. The second kappa shape index (κ2) is 2.82. The van der Waals surface area contributed by atoms with Crippen LogP contribution in [-0.4, -0.2) is 10.4 Å². The highest BCUT2D eigenvalue weighted by Crippen LogP contribution is 2.13. The van der Waals surface area contributed by atoms with E-state index in [1.165, 1.54) is 6.92 Å². The van der Waals surface area contributed by atoms with Crippen molar-refractivity contribution in [2.45, 2.75) is 13.8 Å². The molecular weight excluding hydrogens is 152 g/mol. The molecule has 0 aliphatic heterocycles. The van der Waals surface area contributed by atoms with Crippen LogP contribution in [0.5, 0.6) is 0 Å². The highest BCUT2D eigenvalue weighted by Gasteiger charge is 2.11. The van der Waals surface area contributed by atoms with E-state index in [9.17, 15) is 4.79 Å². The van der Waals surface area contributed by atoms with E-state index >= 15 is 0 Å². The Bertz CT molecular complexity index is 369. The Kier molecular flexibility index (Phi) is 2.01. The number of Topliss-reactive ketones (excluding diaryl/α,β-unsaturated/α-hetero) is 1. The number of carbonyl (C=O) groups excluding carboxylic acids is 1. The van der Waals surface area contributed by atoms with Gasteiger partial charge in [0.2, 0.25) is 0 Å². The van der Waals surface area contributed by atoms with Gasteiger partial charge >= 0.3 is 0 Å². The van der Waals surface area contributed by atoms with Crippen molar-refractivity contribution in [3.05, 3.63) is 23.0 Å². The fourth-order valence-corrected chi connectivity index (χ4v) is 1.16. The van der Waals surface area contributed by atoms with Crippen LogP contribution in [-0.2, 0) is 7.05 Å². The van der Waals surface area contributed by atoms with Gasteiger partial charge in [-0.15, -0.1) is 0 Å². The summed E-state index contributed by atoms with van der Waals surface area (Å²) < 4.78 is 1.72. The molecule has 0 spiro atoms. The van der Waals surface area contributed by atoms with Crippen molar-refractivity contribution >= 4 is 5.78 Å². The standard InChI is InChI=1S/C9H10N2O/c1-6-9(7(2)12)4-8(5-10)11(6)3/h4H,1-3H3. The topological polar surface area (TPSA) is 45.8 Å². The number of ketones is 1. The minimum absolute atomic E-state index is 0.00426. The molecule has 0 atom stereocenters. The van der Waals surface area contributed by atoms with Crippen molar-refractivity contribution in [2.24, 2.45) is 7.05 Å². The normalized spacial score (nSPS) is 9.50. The minimum atomic E-state index is 0.00426. The van der Waals surface area contributed by atoms with Gasteiger partial charge in [-0.3, -0.25) is 4.79 Å². The monoisotopic (exact) mass is 162 g/mol. The summed E-state index contributed by atoms with van der Waals surface area (Å²) in [6, 6.07) is 3.64. The van der Waals surface area contributed by atoms with Crippen LogP contribution < -0.4 is 0 Å². The van der Waals surface area contributed by atoms with Gasteiger partial charge in [0.05, 0.1) is 0 Å². The second-order valence-corrected chi connectivity index (χ2v) is 2.76. The molecule has 0 bridgehead atoms. The maximum absolute atomic E-state index is 11.0. The lowest BCUT2D eigenvalue weighted by Gasteiger charge is -1.97. The quantitative estimate of drug-likeness (QED) is 0.586. The predicted molar refractivity (Wildman–Crippen MR) is 44.9 cm³/mol. The lowest BCUT2D eigenvalue weighted by Crippen LogP contribution is -1.97. The summed E-state index contributed by atoms with van der Waals surface area (Å²) in [6.07, 6.45) is 0. The smallest absolute Gasteiger partial charge is 0.161 e. The fraction of sp³-hybridized carbons (Fsp3) is 0.333. The van der Waals surface area contributed by atoms with Gasteiger partial charge in [-0.05, 0) is 19.9 Å². The molecule has 1 heterocycles. The first-order valence-electron chi connectivity index (χ1n) is 3.65. The maximum Gasteiger partial charge on any atom is 0.161 e. The Morgan fingerprint density at radius 1 is 1.67 bits per heavy atom. The van der Waals surface area contributed by atoms with Crippen LogP contribution in [0.2, 0.25) is 0 Å². The first-order chi connectivity index (χ1) is 5.57. The minimum Gasteiger partial charge on any atom is -0.339 e. The van der Waals surface area contributed by atoms with Crippen molar-refractivity contribution in [1.82, 2.24) is 4.57 Å². The molecule has 0 radical (unpaired) electrons. The Labute approximate surface area is 71.2 Å². The number of nitriles is 1. The molecule has 0 N–H and O–H groups in total. The van der Waals surface area contributed by atoms with Gasteiger partial charge in [0, 0.05) is 18.3 Å². The number of nitrogens with zero attached hydrogens (tertiary/aromatic N) is 2. The molecule has 0 unspecified atom stereocenters. The highest BCUT2D eigenvalue weighted by atomic mass is 16.1. The SMILES string of the molecule is CC(=O)c1cc(C#N)n(C)c1C. The van der Waals surface area contributed by atoms with Gasteiger partial charge in [0.25, 0.3) is 0 Å². The largest absolute Gasteiger partial charge is 0.339 e. The zero-order chi connectivity index (χ0) is 9.30. The first-order valence-corrected chi connectivity index (χ1v) is 3.65. The lowest BCUT2D eigenvalue weighted by atomic mass is 10.2. The summed E-state index contributed by atoms with van der Waals surface area (Å²) in [5, 5.41) is 8.66. The van der Waals surface area contributed by atoms with Crippen LogP contribution in [0, 0.1) is 18.3 Å². The molecule has 0 aliphatic carbocycles. The van der Waals surface area contributed by atoms with Crippen molar-refractivity contribution in [1.29, 1.82) is 5.26 Å². The molecule has 1 aromatic heterocycles. The number of carbonyl (C=O) groups is 1. The van der Waals surface area contributed by atoms with Crippen molar-refractivity contribution in [2.75, 3.05) is 0 Å². The summed E-state index contributed by atoms with van der Waals surface area (Å²) in [4.78, 5) is 11.0. The molecule has 0 aromatic carbocycles. The van der Waals surface area contributed by atoms with Crippen LogP contribution >= 0.6 is 0 Å². The van der Waals surface area contributed by atoms with Gasteiger partial charge in [0.15, 0.2) is 5.78 Å². The molecule has 0 amide bonds. The average Bonchev–Trinajstić information content (AvgIpc) is 2.30. The zero-order valence-corrected chi connectivity index (χ0v) is 7.38. The Balaban J connectivity index is 3.37. The Morgan fingerprint density at radius 2 is 2.25 bits per heavy atom. The molecule has 0 saturated carbocycles. The Hall–Kier alpha value is -1.56. The lowest BCUT2D eigenvalue weighted by molar-refractivity contribution is 0.101. The van der Waals surface area contributed by atoms with Gasteiger partial charge in [-0.1, -0.05) is 0 Å². The van der Waals surface area contributed by atoms with Crippen molar-refractivity contribution in [3.63, 3.8) is 0 Å². The van der Waals surface area contributed by atoms with Gasteiger partial charge in [-0.25, -0.2) is 0 Å². The van der Waals surface area contributed by atoms with Crippen molar-refractivity contribution < 1.29 is 4.79 Å². The van der Waals surface area contributed by atoms with E-state index in [1.807, 2.05) is 13.0 Å². The van der Waals surface area contributed by atoms with E-state index in [0.717, 1.165) is 5.69 Å². The van der Waals surface area contributed by atoms with Crippen LogP contribution in [0.25, 0.3) is 0 Å². The highest BCUT2D eigenvalue weighted by molar-refractivity contribution is 5.95. The first kappa shape index (κ1) is 8.54. The maximum atomic E-state index is 11.0. The van der Waals surface area contributed by atoms with E-state index in [2.05, 4.69) is 0 Å². The van der Waals surface area contributed by atoms with Crippen molar-refractivity contribution in [3.8, 4) is 6.07 Å². The summed E-state index contributed by atoms with van der Waals surface area (Å²) in [7, 11) is 1.78. The van der Waals surface area contributed by atoms with E-state index in [1.54, 1.807) is 17.7 Å². The molecule has 1 rings (SSSR count). The molecular formula is C9H10N2O. The van der Waals surface area contributed by atoms with E-state index in [4.69, 9.17) is 5.26 Å². The molecule has 3 nitrogen and oxygen atoms in total. The molecule has 12 heavy (non-hydrogen) atoms. The molecule has 1 aromatic rings. The molecule has 3 heteroatoms. The van der Waals surface area contributed by atoms with Crippen LogP contribution in [0.15, 0.2) is 6.07 Å². The molecule has 0 saturated heterocycles. The number of aromatic nitrogens is 1. The third-order valence-corrected chi connectivity index (χ3v) is 2.03. The second-order valence-electron chi connectivity index (χ2n) is 2.76. The van der Waals surface area contributed by atoms with Crippen LogP contribution in [0.1, 0.15) is 28.7 Å². The van der Waals surface area contributed by atoms with Gasteiger partial charge < -0.3 is 4.57 Å². The summed E-state index contributed by atoms with van der Waals surface area (Å²) in [5.74, 6) is 0.00426. The summed E-state index contributed by atoms with van der Waals surface area (Å²) in [6.45, 7) is 3.33. The summed E-state index contributed by atoms with van der Waals surface area (Å²) >= 11 is 0. The van der Waals surface area contributed by atoms with Crippen LogP contribution in [0.4, 0.5) is 0 Å². The molecule has 0 fully saturated rings. The van der Waals surface area contributed by atoms with Gasteiger partial charge in [0.1, 0.15) is 11.8 Å². The number of hydrogen-bond acceptors (Lipinski definition) is 2. The van der Waals surface area contributed by atoms with E-state index in [0.29, 0.717) is 11.3 Å². The Morgan fingerprint density at radius 3 is 2.50 bits per heavy atom. The average molecular weight is 162 g/mol. The van der Waals surface area contributed by atoms with E-state index in [-0.39, 0.29) is 5.78 Å². The zero-order valence-electron chi connectivity index (χ0n) is 7.38. The third-order valence-electron chi connectivity index (χ3n) is 2.03.